The predicted octanol–water partition coefficient (Wildman–Crippen LogP) is 3.13. The zero-order chi connectivity index (χ0) is 20.8. The van der Waals surface area contributed by atoms with E-state index < -0.39 is 34.8 Å². The largest absolute Gasteiger partial charge is 0.472 e. The Morgan fingerprint density at radius 1 is 1.24 bits per heavy atom. The molecule has 0 aromatic carbocycles. The van der Waals surface area contributed by atoms with Crippen molar-refractivity contribution in [1.82, 2.24) is 0 Å². The highest BCUT2D eigenvalue weighted by molar-refractivity contribution is 6.00. The van der Waals surface area contributed by atoms with E-state index in [1.54, 1.807) is 24.5 Å². The van der Waals surface area contributed by atoms with E-state index in [9.17, 15) is 14.4 Å². The van der Waals surface area contributed by atoms with E-state index in [1.165, 1.54) is 20.5 Å². The molecule has 4 rings (SSSR count). The second kappa shape index (κ2) is 6.90. The fourth-order valence-electron chi connectivity index (χ4n) is 5.51. The molecule has 0 radical (unpaired) electrons. The van der Waals surface area contributed by atoms with Gasteiger partial charge in [-0.05, 0) is 24.8 Å². The fourth-order valence-corrected chi connectivity index (χ4v) is 5.51. The third-order valence-corrected chi connectivity index (χ3v) is 7.01. The molecular weight excluding hydrogens is 376 g/mol. The first-order valence-corrected chi connectivity index (χ1v) is 9.70. The topological polar surface area (TPSA) is 92.0 Å². The zero-order valence-electron chi connectivity index (χ0n) is 16.7. The summed E-state index contributed by atoms with van der Waals surface area (Å²) >= 11 is 0. The van der Waals surface area contributed by atoms with Gasteiger partial charge < -0.3 is 18.6 Å². The smallest absolute Gasteiger partial charge is 0.334 e. The third kappa shape index (κ3) is 2.52. The van der Waals surface area contributed by atoms with E-state index >= 15 is 0 Å². The standard InChI is InChI=1S/C22H24O7/c1-13-7-9-21(19(24)27-3)15(18(23)26-2)5-4-6-17(21)22(13)11-16(29-20(22)25)14-8-10-28-12-14/h4-6,8,10,12-13,16-17H,7,9,11H2,1-3H3/t13-,16+,17-,21+,22+/m0/s1. The van der Waals surface area contributed by atoms with E-state index in [-0.39, 0.29) is 17.5 Å². The van der Waals surface area contributed by atoms with E-state index in [1.807, 2.05) is 13.0 Å². The molecular formula is C22H24O7. The van der Waals surface area contributed by atoms with Gasteiger partial charge in [0, 0.05) is 17.9 Å². The van der Waals surface area contributed by atoms with Crippen LogP contribution >= 0.6 is 0 Å². The summed E-state index contributed by atoms with van der Waals surface area (Å²) in [5.74, 6) is -2.10. The number of hydrogen-bond donors (Lipinski definition) is 0. The summed E-state index contributed by atoms with van der Waals surface area (Å²) < 4.78 is 21.1. The summed E-state index contributed by atoms with van der Waals surface area (Å²) in [5, 5.41) is 0. The number of hydrogen-bond acceptors (Lipinski definition) is 7. The molecule has 1 saturated carbocycles. The molecule has 1 aromatic heterocycles. The summed E-state index contributed by atoms with van der Waals surface area (Å²) in [6, 6.07) is 1.77. The second-order valence-corrected chi connectivity index (χ2v) is 8.03. The summed E-state index contributed by atoms with van der Waals surface area (Å²) in [4.78, 5) is 39.1. The highest BCUT2D eigenvalue weighted by atomic mass is 16.6. The van der Waals surface area contributed by atoms with Crippen molar-refractivity contribution in [3.63, 3.8) is 0 Å². The van der Waals surface area contributed by atoms with Gasteiger partial charge in [0.25, 0.3) is 0 Å². The number of esters is 3. The Kier molecular flexibility index (Phi) is 4.63. The highest BCUT2D eigenvalue weighted by Gasteiger charge is 2.69. The Labute approximate surface area is 168 Å². The summed E-state index contributed by atoms with van der Waals surface area (Å²) in [7, 11) is 2.58. The van der Waals surface area contributed by atoms with Gasteiger partial charge in [0.05, 0.1) is 37.7 Å². The molecule has 5 atom stereocenters. The molecule has 0 amide bonds. The molecule has 1 aliphatic heterocycles. The molecule has 0 unspecified atom stereocenters. The minimum atomic E-state index is -1.28. The molecule has 7 nitrogen and oxygen atoms in total. The lowest BCUT2D eigenvalue weighted by Crippen LogP contribution is -2.58. The number of ether oxygens (including phenoxy) is 3. The number of carbonyl (C=O) groups excluding carboxylic acids is 3. The van der Waals surface area contributed by atoms with Gasteiger partial charge in [-0.1, -0.05) is 25.2 Å². The summed E-state index contributed by atoms with van der Waals surface area (Å²) in [6.07, 6.45) is 9.16. The normalized spacial score (nSPS) is 35.6. The first-order valence-electron chi connectivity index (χ1n) is 9.70. The van der Waals surface area contributed by atoms with E-state index in [2.05, 4.69) is 0 Å². The van der Waals surface area contributed by atoms with Crippen LogP contribution in [0.2, 0.25) is 0 Å². The molecule has 29 heavy (non-hydrogen) atoms. The maximum atomic E-state index is 13.3. The van der Waals surface area contributed by atoms with Gasteiger partial charge >= 0.3 is 17.9 Å². The predicted molar refractivity (Wildman–Crippen MR) is 100 cm³/mol. The van der Waals surface area contributed by atoms with E-state index in [0.717, 1.165) is 5.56 Å². The minimum absolute atomic E-state index is 0.0451. The molecule has 1 aromatic rings. The third-order valence-electron chi connectivity index (χ3n) is 7.01. The number of cyclic esters (lactones) is 1. The van der Waals surface area contributed by atoms with Crippen LogP contribution < -0.4 is 0 Å². The molecule has 1 saturated heterocycles. The lowest BCUT2D eigenvalue weighted by molar-refractivity contribution is -0.172. The summed E-state index contributed by atoms with van der Waals surface area (Å²) in [6.45, 7) is 2.00. The molecule has 0 N–H and O–H groups in total. The van der Waals surface area contributed by atoms with Crippen LogP contribution in [0.3, 0.4) is 0 Å². The molecule has 3 aliphatic rings. The van der Waals surface area contributed by atoms with E-state index in [4.69, 9.17) is 18.6 Å². The summed E-state index contributed by atoms with van der Waals surface area (Å²) in [5.41, 5.74) is -1.24. The van der Waals surface area contributed by atoms with Gasteiger partial charge in [-0.3, -0.25) is 9.59 Å². The molecule has 2 fully saturated rings. The van der Waals surface area contributed by atoms with Crippen molar-refractivity contribution >= 4 is 17.9 Å². The Balaban J connectivity index is 1.85. The fraction of sp³-hybridized carbons (Fsp3) is 0.500. The average Bonchev–Trinajstić information content (AvgIpc) is 3.38. The Bertz CT molecular complexity index is 896. The van der Waals surface area contributed by atoms with Crippen molar-refractivity contribution < 1.29 is 33.0 Å². The van der Waals surface area contributed by atoms with Crippen LogP contribution in [0.15, 0.2) is 46.8 Å². The lowest BCUT2D eigenvalue weighted by Gasteiger charge is -2.53. The average molecular weight is 400 g/mol. The van der Waals surface area contributed by atoms with Gasteiger partial charge in [0.1, 0.15) is 11.5 Å². The van der Waals surface area contributed by atoms with Crippen LogP contribution in [0.5, 0.6) is 0 Å². The van der Waals surface area contributed by atoms with Crippen molar-refractivity contribution in [3.8, 4) is 0 Å². The number of carbonyl (C=O) groups is 3. The van der Waals surface area contributed by atoms with Crippen LogP contribution in [-0.4, -0.2) is 32.1 Å². The lowest BCUT2D eigenvalue weighted by atomic mass is 9.47. The van der Waals surface area contributed by atoms with Crippen LogP contribution in [-0.2, 0) is 28.6 Å². The Morgan fingerprint density at radius 3 is 2.69 bits per heavy atom. The molecule has 1 spiro atoms. The number of furan rings is 1. The Hall–Kier alpha value is -2.83. The molecule has 2 aliphatic carbocycles. The Morgan fingerprint density at radius 2 is 2.03 bits per heavy atom. The number of rotatable bonds is 3. The minimum Gasteiger partial charge on any atom is -0.472 e. The first-order chi connectivity index (χ1) is 13.9. The van der Waals surface area contributed by atoms with E-state index in [0.29, 0.717) is 19.3 Å². The first kappa shape index (κ1) is 19.5. The van der Waals surface area contributed by atoms with Crippen molar-refractivity contribution in [2.24, 2.45) is 22.7 Å². The van der Waals surface area contributed by atoms with Crippen LogP contribution in [0.4, 0.5) is 0 Å². The van der Waals surface area contributed by atoms with Crippen LogP contribution in [0, 0.1) is 22.7 Å². The molecule has 2 heterocycles. The van der Waals surface area contributed by atoms with Crippen molar-refractivity contribution in [1.29, 1.82) is 0 Å². The van der Waals surface area contributed by atoms with Crippen LogP contribution in [0.1, 0.15) is 37.9 Å². The molecule has 0 bridgehead atoms. The van der Waals surface area contributed by atoms with Crippen LogP contribution in [0.25, 0.3) is 0 Å². The highest BCUT2D eigenvalue weighted by Crippen LogP contribution is 2.65. The van der Waals surface area contributed by atoms with Gasteiger partial charge in [-0.15, -0.1) is 0 Å². The SMILES string of the molecule is COC(=O)C1=CC=C[C@H]2[C@@]1(C(=O)OC)CC[C@H](C)[C@]21C[C@H](c2ccoc2)OC1=O. The van der Waals surface area contributed by atoms with Crippen molar-refractivity contribution in [2.75, 3.05) is 14.2 Å². The maximum absolute atomic E-state index is 13.3. The van der Waals surface area contributed by atoms with Crippen molar-refractivity contribution in [3.05, 3.63) is 48.0 Å². The molecule has 7 heteroatoms. The number of fused-ring (bicyclic) bond motifs is 2. The van der Waals surface area contributed by atoms with Crippen molar-refractivity contribution in [2.45, 2.75) is 32.3 Å². The quantitative estimate of drug-likeness (QED) is 0.568. The zero-order valence-corrected chi connectivity index (χ0v) is 16.7. The maximum Gasteiger partial charge on any atom is 0.334 e. The molecule has 154 valence electrons. The van der Waals surface area contributed by atoms with Gasteiger partial charge in [-0.2, -0.15) is 0 Å². The second-order valence-electron chi connectivity index (χ2n) is 8.03. The number of methoxy groups -OCH3 is 2. The monoisotopic (exact) mass is 400 g/mol. The van der Waals surface area contributed by atoms with Gasteiger partial charge in [0.2, 0.25) is 0 Å². The number of allylic oxidation sites excluding steroid dienone is 3. The van der Waals surface area contributed by atoms with Gasteiger partial charge in [0.15, 0.2) is 0 Å². The van der Waals surface area contributed by atoms with Gasteiger partial charge in [-0.25, -0.2) is 4.79 Å².